The molecule has 0 spiro atoms. The van der Waals surface area contributed by atoms with Crippen LogP contribution in [0.15, 0.2) is 0 Å². The number of ketones is 1. The van der Waals surface area contributed by atoms with E-state index in [9.17, 15) is 9.59 Å². The van der Waals surface area contributed by atoms with Crippen LogP contribution in [-0.2, 0) is 23.8 Å². The van der Waals surface area contributed by atoms with Crippen LogP contribution in [-0.4, -0.2) is 67.9 Å². The third-order valence-corrected chi connectivity index (χ3v) is 4.62. The molecule has 0 fully saturated rings. The van der Waals surface area contributed by atoms with Gasteiger partial charge in [0.05, 0.1) is 24.4 Å². The second-order valence-corrected chi connectivity index (χ2v) is 10.4. The molecule has 0 aromatic carbocycles. The number of rotatable bonds is 16. The lowest BCUT2D eigenvalue weighted by atomic mass is 10.0. The van der Waals surface area contributed by atoms with Gasteiger partial charge in [-0.15, -0.1) is 0 Å². The molecule has 0 aliphatic rings. The van der Waals surface area contributed by atoms with E-state index in [-0.39, 0.29) is 47.6 Å². The number of Topliss-reactive ketones (excluding diaryl/α,β-unsaturated/α-hetero) is 1. The fourth-order valence-corrected chi connectivity index (χ4v) is 2.44. The Bertz CT molecular complexity index is 510. The highest BCUT2D eigenvalue weighted by Crippen LogP contribution is 2.19. The highest BCUT2D eigenvalue weighted by molar-refractivity contribution is 5.82. The Balaban J connectivity index is 3.94. The fourth-order valence-electron chi connectivity index (χ4n) is 2.44. The van der Waals surface area contributed by atoms with E-state index in [1.165, 1.54) is 0 Å². The number of carbonyl (C=O) groups excluding carboxylic acids is 2. The van der Waals surface area contributed by atoms with Crippen LogP contribution in [0.1, 0.15) is 75.2 Å². The average Bonchev–Trinajstić information content (AvgIpc) is 2.56. The Kier molecular flexibility index (Phi) is 12.9. The zero-order valence-corrected chi connectivity index (χ0v) is 20.8. The van der Waals surface area contributed by atoms with Crippen molar-refractivity contribution < 1.29 is 23.8 Å². The van der Waals surface area contributed by atoms with Gasteiger partial charge in [0.25, 0.3) is 0 Å². The van der Waals surface area contributed by atoms with Crippen LogP contribution in [0.4, 0.5) is 0 Å². The molecule has 0 atom stereocenters. The minimum atomic E-state index is -0.343. The Labute approximate surface area is 184 Å². The lowest BCUT2D eigenvalue weighted by Crippen LogP contribution is -2.40. The van der Waals surface area contributed by atoms with Gasteiger partial charge in [-0.2, -0.15) is 0 Å². The lowest BCUT2D eigenvalue weighted by molar-refractivity contribution is -0.131. The van der Waals surface area contributed by atoms with E-state index in [2.05, 4.69) is 45.3 Å². The first-order chi connectivity index (χ1) is 13.6. The van der Waals surface area contributed by atoms with Gasteiger partial charge in [-0.1, -0.05) is 13.8 Å². The summed E-state index contributed by atoms with van der Waals surface area (Å²) in [7, 11) is 0. The SMILES string of the molecule is CC(C)C(=O)COCC(=O)NCCOC(C)(C)CCOC(C)(C)CCNC(C)(C)C. The Morgan fingerprint density at radius 1 is 0.800 bits per heavy atom. The monoisotopic (exact) mass is 430 g/mol. The number of hydrogen-bond acceptors (Lipinski definition) is 6. The molecule has 0 rings (SSSR count). The average molecular weight is 431 g/mol. The predicted molar refractivity (Wildman–Crippen MR) is 121 cm³/mol. The van der Waals surface area contributed by atoms with Crippen LogP contribution in [0.2, 0.25) is 0 Å². The van der Waals surface area contributed by atoms with Crippen molar-refractivity contribution in [1.29, 1.82) is 0 Å². The summed E-state index contributed by atoms with van der Waals surface area (Å²) in [6, 6.07) is 0. The summed E-state index contributed by atoms with van der Waals surface area (Å²) in [4.78, 5) is 23.2. The Hall–Kier alpha value is -1.02. The maximum Gasteiger partial charge on any atom is 0.246 e. The summed E-state index contributed by atoms with van der Waals surface area (Å²) in [5, 5.41) is 6.22. The van der Waals surface area contributed by atoms with Gasteiger partial charge < -0.3 is 24.8 Å². The second-order valence-electron chi connectivity index (χ2n) is 10.4. The van der Waals surface area contributed by atoms with E-state index in [0.717, 1.165) is 19.4 Å². The predicted octanol–water partition coefficient (Wildman–Crippen LogP) is 3.10. The van der Waals surface area contributed by atoms with E-state index in [0.29, 0.717) is 19.8 Å². The highest BCUT2D eigenvalue weighted by atomic mass is 16.5. The molecule has 2 N–H and O–H groups in total. The molecule has 0 saturated carbocycles. The third-order valence-electron chi connectivity index (χ3n) is 4.62. The van der Waals surface area contributed by atoms with Crippen LogP contribution in [0.5, 0.6) is 0 Å². The first-order valence-corrected chi connectivity index (χ1v) is 11.0. The van der Waals surface area contributed by atoms with Crippen molar-refractivity contribution in [3.8, 4) is 0 Å². The molecule has 178 valence electrons. The van der Waals surface area contributed by atoms with E-state index in [1.54, 1.807) is 13.8 Å². The lowest BCUT2D eigenvalue weighted by Gasteiger charge is -2.31. The van der Waals surface area contributed by atoms with Gasteiger partial charge in [-0.3, -0.25) is 9.59 Å². The second kappa shape index (κ2) is 13.4. The summed E-state index contributed by atoms with van der Waals surface area (Å²) < 4.78 is 17.1. The van der Waals surface area contributed by atoms with Gasteiger partial charge in [0.15, 0.2) is 5.78 Å². The molecule has 0 aliphatic heterocycles. The summed E-state index contributed by atoms with van der Waals surface area (Å²) in [6.45, 7) is 20.5. The van der Waals surface area contributed by atoms with Crippen LogP contribution in [0.3, 0.4) is 0 Å². The standard InChI is InChI=1S/C23H46N2O5/c1-18(2)19(26)16-28-17-20(27)24-13-15-30-23(8,9)11-14-29-22(6,7)10-12-25-21(3,4)5/h18,25H,10-17H2,1-9H3,(H,24,27). The van der Waals surface area contributed by atoms with Gasteiger partial charge in [-0.25, -0.2) is 0 Å². The quantitative estimate of drug-likeness (QED) is 0.366. The highest BCUT2D eigenvalue weighted by Gasteiger charge is 2.23. The van der Waals surface area contributed by atoms with Crippen LogP contribution in [0, 0.1) is 5.92 Å². The van der Waals surface area contributed by atoms with Crippen LogP contribution >= 0.6 is 0 Å². The van der Waals surface area contributed by atoms with E-state index >= 15 is 0 Å². The van der Waals surface area contributed by atoms with Gasteiger partial charge >= 0.3 is 0 Å². The minimum absolute atomic E-state index is 0.0104. The summed E-state index contributed by atoms with van der Waals surface area (Å²) >= 11 is 0. The summed E-state index contributed by atoms with van der Waals surface area (Å²) in [5.41, 5.74) is -0.428. The zero-order valence-electron chi connectivity index (χ0n) is 20.8. The molecule has 0 saturated heterocycles. The molecule has 0 unspecified atom stereocenters. The molecule has 7 heteroatoms. The van der Waals surface area contributed by atoms with Crippen molar-refractivity contribution in [1.82, 2.24) is 10.6 Å². The normalized spacial score (nSPS) is 13.0. The zero-order chi connectivity index (χ0) is 23.4. The molecule has 30 heavy (non-hydrogen) atoms. The van der Waals surface area contributed by atoms with Crippen LogP contribution < -0.4 is 10.6 Å². The topological polar surface area (TPSA) is 85.9 Å². The Morgan fingerprint density at radius 3 is 1.93 bits per heavy atom. The maximum atomic E-state index is 11.7. The molecule has 0 bridgehead atoms. The van der Waals surface area contributed by atoms with E-state index in [1.807, 2.05) is 13.8 Å². The molecule has 0 aromatic heterocycles. The van der Waals surface area contributed by atoms with Crippen molar-refractivity contribution in [2.45, 2.75) is 91.9 Å². The summed E-state index contributed by atoms with van der Waals surface area (Å²) in [5.74, 6) is -0.343. The van der Waals surface area contributed by atoms with Crippen molar-refractivity contribution in [2.24, 2.45) is 5.92 Å². The number of ether oxygens (including phenoxy) is 3. The number of carbonyl (C=O) groups is 2. The summed E-state index contributed by atoms with van der Waals surface area (Å²) in [6.07, 6.45) is 1.69. The molecular formula is C23H46N2O5. The number of hydrogen-bond donors (Lipinski definition) is 2. The molecule has 0 radical (unpaired) electrons. The van der Waals surface area contributed by atoms with Crippen molar-refractivity contribution in [3.05, 3.63) is 0 Å². The molecule has 0 aromatic rings. The number of amides is 1. The molecule has 0 aliphatic carbocycles. The van der Waals surface area contributed by atoms with E-state index < -0.39 is 0 Å². The first kappa shape index (κ1) is 29.0. The van der Waals surface area contributed by atoms with Crippen molar-refractivity contribution in [3.63, 3.8) is 0 Å². The van der Waals surface area contributed by atoms with Gasteiger partial charge in [0, 0.05) is 18.0 Å². The smallest absolute Gasteiger partial charge is 0.246 e. The van der Waals surface area contributed by atoms with E-state index in [4.69, 9.17) is 14.2 Å². The molecule has 0 heterocycles. The third kappa shape index (κ3) is 16.7. The molecular weight excluding hydrogens is 384 g/mol. The van der Waals surface area contributed by atoms with Gasteiger partial charge in [0.2, 0.25) is 5.91 Å². The van der Waals surface area contributed by atoms with Crippen molar-refractivity contribution in [2.75, 3.05) is 39.5 Å². The first-order valence-electron chi connectivity index (χ1n) is 11.0. The minimum Gasteiger partial charge on any atom is -0.375 e. The largest absolute Gasteiger partial charge is 0.375 e. The maximum absolute atomic E-state index is 11.7. The number of nitrogens with one attached hydrogen (secondary N) is 2. The Morgan fingerprint density at radius 2 is 1.37 bits per heavy atom. The van der Waals surface area contributed by atoms with Gasteiger partial charge in [-0.05, 0) is 67.9 Å². The molecule has 7 nitrogen and oxygen atoms in total. The molecule has 1 amide bonds. The van der Waals surface area contributed by atoms with Gasteiger partial charge in [0.1, 0.15) is 13.2 Å². The van der Waals surface area contributed by atoms with Crippen molar-refractivity contribution >= 4 is 11.7 Å². The fraction of sp³-hybridized carbons (Fsp3) is 0.913. The van der Waals surface area contributed by atoms with Crippen LogP contribution in [0.25, 0.3) is 0 Å².